The van der Waals surface area contributed by atoms with Crippen LogP contribution in [0.1, 0.15) is 69.7 Å². The van der Waals surface area contributed by atoms with Gasteiger partial charge in [-0.25, -0.2) is 9.69 Å². The van der Waals surface area contributed by atoms with Crippen LogP contribution < -0.4 is 4.90 Å². The molecule has 6 heteroatoms. The number of nitrogens with zero attached hydrogens (tertiary/aromatic N) is 2. The van der Waals surface area contributed by atoms with Gasteiger partial charge in [-0.3, -0.25) is 9.59 Å². The number of hydrogen-bond donors (Lipinski definition) is 0. The molecule has 7 rings (SSSR count). The van der Waals surface area contributed by atoms with Crippen LogP contribution in [-0.4, -0.2) is 34.8 Å². The second-order valence-corrected chi connectivity index (χ2v) is 13.7. The minimum Gasteiger partial charge on any atom is -0.460 e. The molecule has 2 amide bonds. The molecule has 1 saturated carbocycles. The summed E-state index contributed by atoms with van der Waals surface area (Å²) < 4.78 is 6.59. The summed E-state index contributed by atoms with van der Waals surface area (Å²) in [4.78, 5) is 46.4. The van der Waals surface area contributed by atoms with Gasteiger partial charge < -0.3 is 9.64 Å². The number of allylic oxidation sites excluding steroid dienone is 1. The third-order valence-corrected chi connectivity index (χ3v) is 10.8. The molecule has 3 aromatic rings. The largest absolute Gasteiger partial charge is 0.460 e. The van der Waals surface area contributed by atoms with Crippen LogP contribution in [0.25, 0.3) is 6.08 Å². The van der Waals surface area contributed by atoms with E-state index in [2.05, 4.69) is 51.1 Å². The summed E-state index contributed by atoms with van der Waals surface area (Å²) in [6.45, 7) is 8.69. The Labute approximate surface area is 259 Å². The highest BCUT2D eigenvalue weighted by Crippen LogP contribution is 2.55. The standard InChI is InChI=1S/C38H40N2O4/c1-23-19-20-29(38(3,4)26-14-7-5-8-15-26)30(21-23)44-37(43)34-32-31(35(41)40(36(32)42)27-16-9-6-10-17-27)33-28-18-12-11-13-25(28)22-24(2)39(33)34/h5-18,22-23,29-34H,19-21H2,1-4H3/t23-,29-,30-,31-,32+,33-,34+/m1/s1. The first-order chi connectivity index (χ1) is 21.2. The Morgan fingerprint density at radius 1 is 0.841 bits per heavy atom. The average Bonchev–Trinajstić information content (AvgIpc) is 3.51. The highest BCUT2D eigenvalue weighted by atomic mass is 16.5. The van der Waals surface area contributed by atoms with Crippen molar-refractivity contribution >= 4 is 29.5 Å². The van der Waals surface area contributed by atoms with Crippen LogP contribution in [0.15, 0.2) is 90.6 Å². The van der Waals surface area contributed by atoms with Gasteiger partial charge in [-0.05, 0) is 66.0 Å². The lowest BCUT2D eigenvalue weighted by Crippen LogP contribution is -2.49. The zero-order valence-electron chi connectivity index (χ0n) is 25.9. The van der Waals surface area contributed by atoms with Crippen molar-refractivity contribution in [1.29, 1.82) is 0 Å². The van der Waals surface area contributed by atoms with Gasteiger partial charge in [-0.1, -0.05) is 100.0 Å². The number of hydrogen-bond acceptors (Lipinski definition) is 5. The number of anilines is 1. The zero-order valence-corrected chi connectivity index (χ0v) is 25.9. The third kappa shape index (κ3) is 4.41. The molecular weight excluding hydrogens is 548 g/mol. The van der Waals surface area contributed by atoms with Gasteiger partial charge in [0.1, 0.15) is 12.1 Å². The van der Waals surface area contributed by atoms with Gasteiger partial charge in [0.05, 0.1) is 23.6 Å². The smallest absolute Gasteiger partial charge is 0.329 e. The summed E-state index contributed by atoms with van der Waals surface area (Å²) in [5.74, 6) is -1.96. The van der Waals surface area contributed by atoms with Crippen molar-refractivity contribution in [2.45, 2.75) is 70.6 Å². The summed E-state index contributed by atoms with van der Waals surface area (Å²) in [5, 5.41) is 0. The molecule has 1 aliphatic carbocycles. The first-order valence-corrected chi connectivity index (χ1v) is 15.9. The Hall–Kier alpha value is -4.19. The summed E-state index contributed by atoms with van der Waals surface area (Å²) >= 11 is 0. The zero-order chi connectivity index (χ0) is 30.7. The van der Waals surface area contributed by atoms with Crippen molar-refractivity contribution in [3.05, 3.63) is 107 Å². The molecular formula is C38H40N2O4. The molecule has 6 nitrogen and oxygen atoms in total. The molecule has 226 valence electrons. The fourth-order valence-corrected chi connectivity index (χ4v) is 8.57. The number of ether oxygens (including phenoxy) is 1. The second-order valence-electron chi connectivity index (χ2n) is 13.7. The van der Waals surface area contributed by atoms with Gasteiger partial charge >= 0.3 is 5.97 Å². The van der Waals surface area contributed by atoms with Gasteiger partial charge in [0.15, 0.2) is 0 Å². The van der Waals surface area contributed by atoms with Crippen molar-refractivity contribution in [3.8, 4) is 0 Å². The van der Waals surface area contributed by atoms with E-state index in [1.54, 1.807) is 12.1 Å². The summed E-state index contributed by atoms with van der Waals surface area (Å²) in [7, 11) is 0. The van der Waals surface area contributed by atoms with Crippen molar-refractivity contribution in [1.82, 2.24) is 4.90 Å². The van der Waals surface area contributed by atoms with E-state index in [1.807, 2.05) is 60.4 Å². The lowest BCUT2D eigenvalue weighted by molar-refractivity contribution is -0.164. The molecule has 3 aliphatic heterocycles. The predicted molar refractivity (Wildman–Crippen MR) is 170 cm³/mol. The summed E-state index contributed by atoms with van der Waals surface area (Å²) in [6.07, 6.45) is 4.57. The number of benzene rings is 3. The molecule has 3 aromatic carbocycles. The number of carbonyl (C=O) groups is 3. The molecule has 3 fully saturated rings. The molecule has 0 spiro atoms. The van der Waals surface area contributed by atoms with Gasteiger partial charge in [0, 0.05) is 11.6 Å². The van der Waals surface area contributed by atoms with Crippen LogP contribution in [0.4, 0.5) is 5.69 Å². The number of para-hydroxylation sites is 1. The maximum atomic E-state index is 14.6. The fourth-order valence-electron chi connectivity index (χ4n) is 8.57. The number of imide groups is 1. The molecule has 44 heavy (non-hydrogen) atoms. The monoisotopic (exact) mass is 588 g/mol. The normalized spacial score (nSPS) is 29.5. The second kappa shape index (κ2) is 10.8. The van der Waals surface area contributed by atoms with Gasteiger partial charge in [-0.15, -0.1) is 0 Å². The summed E-state index contributed by atoms with van der Waals surface area (Å²) in [5.41, 5.74) is 4.41. The van der Waals surface area contributed by atoms with E-state index in [4.69, 9.17) is 4.74 Å². The van der Waals surface area contributed by atoms with E-state index < -0.39 is 29.9 Å². The number of esters is 1. The Kier molecular flexibility index (Phi) is 6.99. The molecule has 7 atom stereocenters. The Morgan fingerprint density at radius 3 is 2.20 bits per heavy atom. The Bertz CT molecular complexity index is 1630. The fraction of sp³-hybridized carbons (Fsp3) is 0.395. The highest BCUT2D eigenvalue weighted by Gasteiger charge is 2.66. The lowest BCUT2D eigenvalue weighted by atomic mass is 9.64. The van der Waals surface area contributed by atoms with Crippen LogP contribution in [-0.2, 0) is 24.5 Å². The average molecular weight is 589 g/mol. The lowest BCUT2D eigenvalue weighted by Gasteiger charge is -2.45. The molecule has 0 aromatic heterocycles. The van der Waals surface area contributed by atoms with E-state index >= 15 is 0 Å². The van der Waals surface area contributed by atoms with Gasteiger partial charge in [-0.2, -0.15) is 0 Å². The third-order valence-electron chi connectivity index (χ3n) is 10.8. The first-order valence-electron chi connectivity index (χ1n) is 15.9. The van der Waals surface area contributed by atoms with Crippen molar-refractivity contribution in [3.63, 3.8) is 0 Å². The number of rotatable bonds is 5. The number of carbonyl (C=O) groups excluding carboxylic acids is 3. The maximum absolute atomic E-state index is 14.6. The predicted octanol–water partition coefficient (Wildman–Crippen LogP) is 6.92. The highest BCUT2D eigenvalue weighted by molar-refractivity contribution is 6.24. The minimum atomic E-state index is -0.891. The Balaban J connectivity index is 1.28. The molecule has 3 heterocycles. The van der Waals surface area contributed by atoms with E-state index in [1.165, 1.54) is 10.5 Å². The van der Waals surface area contributed by atoms with E-state index in [0.29, 0.717) is 11.6 Å². The maximum Gasteiger partial charge on any atom is 0.329 e. The van der Waals surface area contributed by atoms with Crippen molar-refractivity contribution in [2.24, 2.45) is 23.7 Å². The summed E-state index contributed by atoms with van der Waals surface area (Å²) in [6, 6.07) is 26.2. The first kappa shape index (κ1) is 28.6. The topological polar surface area (TPSA) is 66.9 Å². The molecule has 0 unspecified atom stereocenters. The van der Waals surface area contributed by atoms with Crippen LogP contribution in [0.3, 0.4) is 0 Å². The molecule has 0 radical (unpaired) electrons. The van der Waals surface area contributed by atoms with Crippen LogP contribution >= 0.6 is 0 Å². The van der Waals surface area contributed by atoms with Crippen molar-refractivity contribution < 1.29 is 19.1 Å². The quantitative estimate of drug-likeness (QED) is 0.239. The number of fused-ring (bicyclic) bond motifs is 5. The Morgan fingerprint density at radius 2 is 1.48 bits per heavy atom. The molecule has 0 N–H and O–H groups in total. The van der Waals surface area contributed by atoms with Crippen molar-refractivity contribution in [2.75, 3.05) is 4.90 Å². The van der Waals surface area contributed by atoms with Crippen LogP contribution in [0, 0.1) is 23.7 Å². The van der Waals surface area contributed by atoms with Gasteiger partial charge in [0.2, 0.25) is 11.8 Å². The van der Waals surface area contributed by atoms with E-state index in [-0.39, 0.29) is 29.3 Å². The van der Waals surface area contributed by atoms with E-state index in [0.717, 1.165) is 36.1 Å². The van der Waals surface area contributed by atoms with Crippen LogP contribution in [0.2, 0.25) is 0 Å². The van der Waals surface area contributed by atoms with E-state index in [9.17, 15) is 14.4 Å². The molecule has 2 saturated heterocycles. The molecule has 0 bridgehead atoms. The van der Waals surface area contributed by atoms with Gasteiger partial charge in [0.25, 0.3) is 0 Å². The van der Waals surface area contributed by atoms with Crippen LogP contribution in [0.5, 0.6) is 0 Å². The number of amides is 2. The molecule has 4 aliphatic rings. The SMILES string of the molecule is CC1=Cc2ccccc2[C@@H]2[C@@H]3C(=O)N(c4ccccc4)C(=O)[C@@H]3[C@@H](C(=O)O[C@@H]3C[C@H](C)CC[C@H]3C(C)(C)c3ccccc3)N12. The minimum absolute atomic E-state index is 0.124.